The lowest BCUT2D eigenvalue weighted by atomic mass is 9.79. The summed E-state index contributed by atoms with van der Waals surface area (Å²) in [6, 6.07) is 5.06. The number of hydrogen-bond acceptors (Lipinski definition) is 2. The number of H-pyrrole nitrogens is 1. The molecule has 1 saturated carbocycles. The second-order valence-electron chi connectivity index (χ2n) is 6.27. The van der Waals surface area contributed by atoms with Gasteiger partial charge in [0.05, 0.1) is 16.6 Å². The first-order valence-corrected chi connectivity index (χ1v) is 7.45. The SMILES string of the molecule is CC1CCC(n2c(=O)[nH]c3cccc(C(=O)O)c32)C(C)C1. The van der Waals surface area contributed by atoms with Gasteiger partial charge in [0.25, 0.3) is 0 Å². The fourth-order valence-electron chi connectivity index (χ4n) is 3.70. The molecule has 3 unspecified atom stereocenters. The third-order valence-corrected chi connectivity index (χ3v) is 4.69. The summed E-state index contributed by atoms with van der Waals surface area (Å²) in [5.41, 5.74) is 1.12. The van der Waals surface area contributed by atoms with Crippen LogP contribution in [0.15, 0.2) is 23.0 Å². The summed E-state index contributed by atoms with van der Waals surface area (Å²) in [5.74, 6) is 0.0357. The van der Waals surface area contributed by atoms with Crippen LogP contribution in [-0.2, 0) is 0 Å². The molecule has 0 spiro atoms. The molecular weight excluding hydrogens is 268 g/mol. The van der Waals surface area contributed by atoms with Gasteiger partial charge in [0, 0.05) is 6.04 Å². The molecule has 1 fully saturated rings. The second kappa shape index (κ2) is 5.06. The topological polar surface area (TPSA) is 75.1 Å². The van der Waals surface area contributed by atoms with Crippen LogP contribution in [0.5, 0.6) is 0 Å². The number of carbonyl (C=O) groups is 1. The zero-order chi connectivity index (χ0) is 15.1. The molecule has 2 aromatic rings. The molecule has 0 radical (unpaired) electrons. The number of rotatable bonds is 2. The third kappa shape index (κ3) is 2.26. The van der Waals surface area contributed by atoms with E-state index in [2.05, 4.69) is 18.8 Å². The number of aromatic nitrogens is 2. The molecule has 1 aromatic heterocycles. The summed E-state index contributed by atoms with van der Waals surface area (Å²) in [4.78, 5) is 26.6. The maximum absolute atomic E-state index is 12.4. The van der Waals surface area contributed by atoms with Crippen molar-refractivity contribution in [3.05, 3.63) is 34.2 Å². The maximum atomic E-state index is 12.4. The van der Waals surface area contributed by atoms with Crippen LogP contribution in [-0.4, -0.2) is 20.6 Å². The fourth-order valence-corrected chi connectivity index (χ4v) is 3.70. The van der Waals surface area contributed by atoms with Gasteiger partial charge in [-0.2, -0.15) is 0 Å². The largest absolute Gasteiger partial charge is 0.478 e. The van der Waals surface area contributed by atoms with E-state index in [1.54, 1.807) is 22.8 Å². The molecule has 0 saturated heterocycles. The molecule has 1 aliphatic carbocycles. The molecule has 1 aromatic carbocycles. The van der Waals surface area contributed by atoms with Crippen molar-refractivity contribution in [1.29, 1.82) is 0 Å². The van der Waals surface area contributed by atoms with E-state index in [0.29, 0.717) is 22.9 Å². The van der Waals surface area contributed by atoms with Gasteiger partial charge >= 0.3 is 11.7 Å². The van der Waals surface area contributed by atoms with Gasteiger partial charge in [-0.1, -0.05) is 19.9 Å². The van der Waals surface area contributed by atoms with Crippen molar-refractivity contribution >= 4 is 17.0 Å². The number of nitrogens with one attached hydrogen (secondary N) is 1. The highest BCUT2D eigenvalue weighted by Crippen LogP contribution is 2.37. The van der Waals surface area contributed by atoms with E-state index in [4.69, 9.17) is 0 Å². The van der Waals surface area contributed by atoms with Crippen molar-refractivity contribution in [3.8, 4) is 0 Å². The number of carboxylic acids is 1. The normalized spacial score (nSPS) is 26.1. The Labute approximate surface area is 122 Å². The Morgan fingerprint density at radius 3 is 2.76 bits per heavy atom. The van der Waals surface area contributed by atoms with Crippen LogP contribution < -0.4 is 5.69 Å². The number of aromatic carboxylic acids is 1. The number of benzene rings is 1. The minimum atomic E-state index is -0.995. The highest BCUT2D eigenvalue weighted by molar-refractivity contribution is 6.01. The molecular formula is C16H20N2O3. The van der Waals surface area contributed by atoms with Gasteiger partial charge < -0.3 is 10.1 Å². The summed E-state index contributed by atoms with van der Waals surface area (Å²) in [5, 5.41) is 9.39. The number of imidazole rings is 1. The zero-order valence-corrected chi connectivity index (χ0v) is 12.3. The Bertz CT molecular complexity index is 744. The van der Waals surface area contributed by atoms with Crippen molar-refractivity contribution in [1.82, 2.24) is 9.55 Å². The van der Waals surface area contributed by atoms with E-state index in [0.717, 1.165) is 19.3 Å². The van der Waals surface area contributed by atoms with Crippen molar-refractivity contribution < 1.29 is 9.90 Å². The Balaban J connectivity index is 2.20. The summed E-state index contributed by atoms with van der Waals surface area (Å²) >= 11 is 0. The minimum absolute atomic E-state index is 0.0722. The first-order valence-electron chi connectivity index (χ1n) is 7.45. The Hall–Kier alpha value is -2.04. The molecule has 0 aliphatic heterocycles. The first kappa shape index (κ1) is 13.9. The fraction of sp³-hybridized carbons (Fsp3) is 0.500. The smallest absolute Gasteiger partial charge is 0.337 e. The van der Waals surface area contributed by atoms with E-state index in [-0.39, 0.29) is 17.3 Å². The average Bonchev–Trinajstić information content (AvgIpc) is 2.74. The molecule has 1 aliphatic rings. The van der Waals surface area contributed by atoms with Crippen LogP contribution in [0.3, 0.4) is 0 Å². The molecule has 3 rings (SSSR count). The first-order chi connectivity index (χ1) is 9.99. The number of fused-ring (bicyclic) bond motifs is 1. The van der Waals surface area contributed by atoms with Crippen molar-refractivity contribution in [2.45, 2.75) is 39.2 Å². The predicted molar refractivity (Wildman–Crippen MR) is 80.7 cm³/mol. The molecule has 3 atom stereocenters. The average molecular weight is 288 g/mol. The molecule has 5 heteroatoms. The van der Waals surface area contributed by atoms with Crippen LogP contribution in [0.4, 0.5) is 0 Å². The maximum Gasteiger partial charge on any atom is 0.337 e. The highest BCUT2D eigenvalue weighted by atomic mass is 16.4. The van der Waals surface area contributed by atoms with Gasteiger partial charge in [0.1, 0.15) is 0 Å². The zero-order valence-electron chi connectivity index (χ0n) is 12.3. The van der Waals surface area contributed by atoms with Gasteiger partial charge in [0.2, 0.25) is 0 Å². The Kier molecular flexibility index (Phi) is 3.35. The number of aromatic amines is 1. The standard InChI is InChI=1S/C16H20N2O3/c1-9-6-7-13(10(2)8-9)18-14-11(15(19)20)4-3-5-12(14)17-16(18)21/h3-5,9-10,13H,6-8H2,1-2H3,(H,17,21)(H,19,20). The Morgan fingerprint density at radius 1 is 1.33 bits per heavy atom. The van der Waals surface area contributed by atoms with E-state index in [1.807, 2.05) is 0 Å². The summed E-state index contributed by atoms with van der Waals surface area (Å²) in [6.07, 6.45) is 3.06. The van der Waals surface area contributed by atoms with Gasteiger partial charge in [0.15, 0.2) is 0 Å². The number of hydrogen-bond donors (Lipinski definition) is 2. The van der Waals surface area contributed by atoms with E-state index < -0.39 is 5.97 Å². The van der Waals surface area contributed by atoms with Gasteiger partial charge in [-0.3, -0.25) is 4.57 Å². The quantitative estimate of drug-likeness (QED) is 0.892. The monoisotopic (exact) mass is 288 g/mol. The van der Waals surface area contributed by atoms with Crippen LogP contribution in [0, 0.1) is 11.8 Å². The van der Waals surface area contributed by atoms with Crippen LogP contribution in [0.25, 0.3) is 11.0 Å². The molecule has 1 heterocycles. The molecule has 0 amide bonds. The van der Waals surface area contributed by atoms with Crippen molar-refractivity contribution in [2.75, 3.05) is 0 Å². The van der Waals surface area contributed by atoms with Crippen molar-refractivity contribution in [2.24, 2.45) is 11.8 Å². The molecule has 0 bridgehead atoms. The lowest BCUT2D eigenvalue weighted by Gasteiger charge is -2.33. The van der Waals surface area contributed by atoms with Crippen LogP contribution in [0.2, 0.25) is 0 Å². The lowest BCUT2D eigenvalue weighted by Crippen LogP contribution is -2.31. The molecule has 112 valence electrons. The number of carboxylic acid groups (broad SMARTS) is 1. The van der Waals surface area contributed by atoms with Gasteiger partial charge in [-0.15, -0.1) is 0 Å². The van der Waals surface area contributed by atoms with E-state index in [9.17, 15) is 14.7 Å². The predicted octanol–water partition coefficient (Wildman–Crippen LogP) is 3.03. The number of para-hydroxylation sites is 1. The van der Waals surface area contributed by atoms with Gasteiger partial charge in [-0.05, 0) is 43.2 Å². The molecule has 2 N–H and O–H groups in total. The van der Waals surface area contributed by atoms with Crippen LogP contribution in [0.1, 0.15) is 49.5 Å². The summed E-state index contributed by atoms with van der Waals surface area (Å²) in [6.45, 7) is 4.38. The van der Waals surface area contributed by atoms with Crippen LogP contribution >= 0.6 is 0 Å². The summed E-state index contributed by atoms with van der Waals surface area (Å²) < 4.78 is 1.68. The number of nitrogens with zero attached hydrogens (tertiary/aromatic N) is 1. The molecule has 5 nitrogen and oxygen atoms in total. The lowest BCUT2D eigenvalue weighted by molar-refractivity contribution is 0.0698. The summed E-state index contributed by atoms with van der Waals surface area (Å²) in [7, 11) is 0. The van der Waals surface area contributed by atoms with Crippen molar-refractivity contribution in [3.63, 3.8) is 0 Å². The van der Waals surface area contributed by atoms with E-state index in [1.165, 1.54) is 0 Å². The minimum Gasteiger partial charge on any atom is -0.478 e. The molecule has 21 heavy (non-hydrogen) atoms. The van der Waals surface area contributed by atoms with Gasteiger partial charge in [-0.25, -0.2) is 9.59 Å². The highest BCUT2D eigenvalue weighted by Gasteiger charge is 2.30. The third-order valence-electron chi connectivity index (χ3n) is 4.69. The van der Waals surface area contributed by atoms with E-state index >= 15 is 0 Å². The Morgan fingerprint density at radius 2 is 2.10 bits per heavy atom. The second-order valence-corrected chi connectivity index (χ2v) is 6.27.